The fourth-order valence-electron chi connectivity index (χ4n) is 2.07. The molecule has 0 fully saturated rings. The Bertz CT molecular complexity index is 789. The number of thiophene rings is 1. The van der Waals surface area contributed by atoms with Crippen molar-refractivity contribution in [1.29, 1.82) is 0 Å². The molecule has 0 aliphatic rings. The van der Waals surface area contributed by atoms with Crippen molar-refractivity contribution < 1.29 is 4.79 Å². The number of pyridine rings is 1. The number of nitrogens with zero attached hydrogens (tertiary/aromatic N) is 1. The maximum atomic E-state index is 11.5. The van der Waals surface area contributed by atoms with Crippen LogP contribution >= 0.6 is 11.3 Å². The Morgan fingerprint density at radius 3 is 2.83 bits per heavy atom. The summed E-state index contributed by atoms with van der Waals surface area (Å²) < 4.78 is 0. The van der Waals surface area contributed by atoms with Gasteiger partial charge in [-0.25, -0.2) is 4.98 Å². The molecule has 0 radical (unpaired) electrons. The summed E-state index contributed by atoms with van der Waals surface area (Å²) in [5.74, 6) is -0.00395. The summed E-state index contributed by atoms with van der Waals surface area (Å²) in [5, 5.41) is 1.93. The first-order valence-corrected chi connectivity index (χ1v) is 6.48. The quantitative estimate of drug-likeness (QED) is 0.677. The van der Waals surface area contributed by atoms with Crippen molar-refractivity contribution in [2.24, 2.45) is 0 Å². The summed E-state index contributed by atoms with van der Waals surface area (Å²) in [5.41, 5.74) is 8.68. The highest BCUT2D eigenvalue weighted by Gasteiger charge is 2.14. The Morgan fingerprint density at radius 2 is 2.11 bits per heavy atom. The molecule has 18 heavy (non-hydrogen) atoms. The van der Waals surface area contributed by atoms with Gasteiger partial charge in [0, 0.05) is 17.7 Å². The standard InChI is InChI=1S/C14H12N2OS/c1-7-3-4-9-6-10-12(15)13(8(2)17)18-14(10)16-11(9)5-7/h3-6H,15H2,1-2H3. The minimum atomic E-state index is -0.00395. The summed E-state index contributed by atoms with van der Waals surface area (Å²) >= 11 is 1.37. The van der Waals surface area contributed by atoms with Crippen LogP contribution in [0, 0.1) is 6.92 Å². The molecule has 0 spiro atoms. The maximum Gasteiger partial charge on any atom is 0.171 e. The molecule has 2 heterocycles. The van der Waals surface area contributed by atoms with Crippen LogP contribution in [0.2, 0.25) is 0 Å². The van der Waals surface area contributed by atoms with Crippen molar-refractivity contribution in [2.45, 2.75) is 13.8 Å². The third kappa shape index (κ3) is 1.57. The van der Waals surface area contributed by atoms with Crippen molar-refractivity contribution in [3.63, 3.8) is 0 Å². The number of Topliss-reactive ketones (excluding diaryl/α,β-unsaturated/α-hetero) is 1. The molecule has 2 N–H and O–H groups in total. The lowest BCUT2D eigenvalue weighted by molar-refractivity contribution is 0.102. The molecule has 3 rings (SSSR count). The van der Waals surface area contributed by atoms with E-state index in [1.54, 1.807) is 0 Å². The lowest BCUT2D eigenvalue weighted by atomic mass is 10.1. The van der Waals surface area contributed by atoms with Crippen LogP contribution in [0.4, 0.5) is 5.69 Å². The number of aromatic nitrogens is 1. The second kappa shape index (κ2) is 3.78. The first-order valence-electron chi connectivity index (χ1n) is 5.66. The van der Waals surface area contributed by atoms with Crippen molar-refractivity contribution >= 4 is 43.9 Å². The van der Waals surface area contributed by atoms with Crippen LogP contribution in [0.25, 0.3) is 21.1 Å². The fraction of sp³-hybridized carbons (Fsp3) is 0.143. The Morgan fingerprint density at radius 1 is 1.33 bits per heavy atom. The normalized spacial score (nSPS) is 11.2. The molecule has 0 unspecified atom stereocenters. The highest BCUT2D eigenvalue weighted by atomic mass is 32.1. The van der Waals surface area contributed by atoms with Crippen LogP contribution in [0.3, 0.4) is 0 Å². The zero-order valence-corrected chi connectivity index (χ0v) is 11.0. The van der Waals surface area contributed by atoms with E-state index in [9.17, 15) is 4.79 Å². The average molecular weight is 256 g/mol. The van der Waals surface area contributed by atoms with E-state index in [0.717, 1.165) is 21.1 Å². The summed E-state index contributed by atoms with van der Waals surface area (Å²) in [6.07, 6.45) is 0. The summed E-state index contributed by atoms with van der Waals surface area (Å²) in [7, 11) is 0. The molecule has 2 aromatic heterocycles. The van der Waals surface area contributed by atoms with Gasteiger partial charge in [0.05, 0.1) is 16.1 Å². The molecule has 0 aliphatic heterocycles. The Labute approximate surface area is 108 Å². The number of ketones is 1. The van der Waals surface area contributed by atoms with E-state index < -0.39 is 0 Å². The molecule has 0 aliphatic carbocycles. The Balaban J connectivity index is 2.42. The zero-order chi connectivity index (χ0) is 12.9. The maximum absolute atomic E-state index is 11.5. The number of hydrogen-bond donors (Lipinski definition) is 1. The Hall–Kier alpha value is -1.94. The third-order valence-electron chi connectivity index (χ3n) is 2.99. The van der Waals surface area contributed by atoms with Crippen LogP contribution in [-0.2, 0) is 0 Å². The monoisotopic (exact) mass is 256 g/mol. The van der Waals surface area contributed by atoms with E-state index in [0.29, 0.717) is 10.6 Å². The van der Waals surface area contributed by atoms with E-state index >= 15 is 0 Å². The fourth-order valence-corrected chi connectivity index (χ4v) is 3.05. The predicted octanol–water partition coefficient (Wildman–Crippen LogP) is 3.54. The Kier molecular flexibility index (Phi) is 2.35. The summed E-state index contributed by atoms with van der Waals surface area (Å²) in [6.45, 7) is 3.57. The number of fused-ring (bicyclic) bond motifs is 2. The van der Waals surface area contributed by atoms with Gasteiger partial charge in [0.25, 0.3) is 0 Å². The third-order valence-corrected chi connectivity index (χ3v) is 4.21. The second-order valence-electron chi connectivity index (χ2n) is 4.44. The van der Waals surface area contributed by atoms with Crippen LogP contribution in [0.5, 0.6) is 0 Å². The molecule has 3 aromatic rings. The van der Waals surface area contributed by atoms with E-state index in [4.69, 9.17) is 5.73 Å². The minimum Gasteiger partial charge on any atom is -0.397 e. The number of nitrogens with two attached hydrogens (primary N) is 1. The van der Waals surface area contributed by atoms with E-state index in [-0.39, 0.29) is 5.78 Å². The van der Waals surface area contributed by atoms with Crippen LogP contribution in [0.15, 0.2) is 24.3 Å². The summed E-state index contributed by atoms with van der Waals surface area (Å²) in [6, 6.07) is 8.12. The van der Waals surface area contributed by atoms with Crippen LogP contribution < -0.4 is 5.73 Å². The van der Waals surface area contributed by atoms with Gasteiger partial charge < -0.3 is 5.73 Å². The molecule has 1 aromatic carbocycles. The average Bonchev–Trinajstić information content (AvgIpc) is 2.64. The largest absolute Gasteiger partial charge is 0.397 e. The van der Waals surface area contributed by atoms with Crippen LogP contribution in [-0.4, -0.2) is 10.8 Å². The van der Waals surface area contributed by atoms with Gasteiger partial charge in [-0.15, -0.1) is 11.3 Å². The molecule has 0 atom stereocenters. The number of carbonyl (C=O) groups is 1. The molecular weight excluding hydrogens is 244 g/mol. The van der Waals surface area contributed by atoms with Crippen molar-refractivity contribution in [3.8, 4) is 0 Å². The highest BCUT2D eigenvalue weighted by molar-refractivity contribution is 7.21. The van der Waals surface area contributed by atoms with Gasteiger partial charge in [-0.05, 0) is 24.6 Å². The lowest BCUT2D eigenvalue weighted by Gasteiger charge is -1.99. The number of anilines is 1. The van der Waals surface area contributed by atoms with E-state index in [2.05, 4.69) is 4.98 Å². The van der Waals surface area contributed by atoms with Gasteiger partial charge in [-0.1, -0.05) is 12.1 Å². The lowest BCUT2D eigenvalue weighted by Crippen LogP contribution is -1.93. The number of benzene rings is 1. The molecule has 0 saturated heterocycles. The minimum absolute atomic E-state index is 0.00395. The first-order chi connectivity index (χ1) is 8.56. The molecule has 0 amide bonds. The van der Waals surface area contributed by atoms with Gasteiger partial charge >= 0.3 is 0 Å². The molecule has 0 bridgehead atoms. The molecule has 4 heteroatoms. The van der Waals surface area contributed by atoms with Gasteiger partial charge in [-0.2, -0.15) is 0 Å². The number of rotatable bonds is 1. The smallest absolute Gasteiger partial charge is 0.171 e. The van der Waals surface area contributed by atoms with Crippen molar-refractivity contribution in [3.05, 3.63) is 34.7 Å². The van der Waals surface area contributed by atoms with E-state index in [1.165, 1.54) is 23.8 Å². The number of aryl methyl sites for hydroxylation is 1. The highest BCUT2D eigenvalue weighted by Crippen LogP contribution is 2.34. The van der Waals surface area contributed by atoms with Gasteiger partial charge in [-0.3, -0.25) is 4.79 Å². The van der Waals surface area contributed by atoms with Gasteiger partial charge in [0.1, 0.15) is 4.83 Å². The first kappa shape index (κ1) is 11.2. The molecule has 0 saturated carbocycles. The molecular formula is C14H12N2OS. The second-order valence-corrected chi connectivity index (χ2v) is 5.44. The number of nitrogen functional groups attached to an aromatic ring is 1. The molecule has 3 nitrogen and oxygen atoms in total. The number of carbonyl (C=O) groups excluding carboxylic acids is 1. The van der Waals surface area contributed by atoms with Gasteiger partial charge in [0.15, 0.2) is 5.78 Å². The zero-order valence-electron chi connectivity index (χ0n) is 10.2. The van der Waals surface area contributed by atoms with Gasteiger partial charge in [0.2, 0.25) is 0 Å². The van der Waals surface area contributed by atoms with Crippen LogP contribution in [0.1, 0.15) is 22.2 Å². The molecule has 90 valence electrons. The number of hydrogen-bond acceptors (Lipinski definition) is 4. The van der Waals surface area contributed by atoms with Crippen molar-refractivity contribution in [2.75, 3.05) is 5.73 Å². The van der Waals surface area contributed by atoms with E-state index in [1.807, 2.05) is 31.2 Å². The van der Waals surface area contributed by atoms with Crippen molar-refractivity contribution in [1.82, 2.24) is 4.98 Å². The SMILES string of the molecule is CC(=O)c1sc2nc3cc(C)ccc3cc2c1N. The summed E-state index contributed by atoms with van der Waals surface area (Å²) in [4.78, 5) is 17.5. The topological polar surface area (TPSA) is 56.0 Å². The predicted molar refractivity (Wildman–Crippen MR) is 76.3 cm³/mol.